The second-order valence-electron chi connectivity index (χ2n) is 3.05. The van der Waals surface area contributed by atoms with Crippen molar-refractivity contribution in [1.82, 2.24) is 4.98 Å². The molecule has 0 radical (unpaired) electrons. The molecule has 0 aromatic carbocycles. The van der Waals surface area contributed by atoms with E-state index < -0.39 is 0 Å². The first-order valence-electron chi connectivity index (χ1n) is 4.31. The SMILES string of the molecule is CCC(C)Nc1ncc(Br)cc1N. The normalized spacial score (nSPS) is 12.5. The predicted molar refractivity (Wildman–Crippen MR) is 59.7 cm³/mol. The van der Waals surface area contributed by atoms with E-state index in [9.17, 15) is 0 Å². The average Bonchev–Trinajstić information content (AvgIpc) is 2.09. The molecule has 0 spiro atoms. The molecule has 3 nitrogen and oxygen atoms in total. The van der Waals surface area contributed by atoms with Crippen molar-refractivity contribution in [3.8, 4) is 0 Å². The number of nitrogen functional groups attached to an aromatic ring is 1. The van der Waals surface area contributed by atoms with Crippen LogP contribution in [-0.4, -0.2) is 11.0 Å². The van der Waals surface area contributed by atoms with Gasteiger partial charge in [-0.2, -0.15) is 0 Å². The smallest absolute Gasteiger partial charge is 0.149 e. The molecule has 0 saturated carbocycles. The summed E-state index contributed by atoms with van der Waals surface area (Å²) in [5.41, 5.74) is 6.45. The van der Waals surface area contributed by atoms with E-state index >= 15 is 0 Å². The molecule has 1 rings (SSSR count). The summed E-state index contributed by atoms with van der Waals surface area (Å²) in [6.07, 6.45) is 2.79. The Hall–Kier alpha value is -0.770. The minimum atomic E-state index is 0.399. The zero-order valence-corrected chi connectivity index (χ0v) is 9.43. The van der Waals surface area contributed by atoms with E-state index in [2.05, 4.69) is 40.1 Å². The van der Waals surface area contributed by atoms with Gasteiger partial charge in [-0.25, -0.2) is 4.98 Å². The molecule has 1 aromatic rings. The van der Waals surface area contributed by atoms with Gasteiger partial charge in [0.25, 0.3) is 0 Å². The molecular weight excluding hydrogens is 230 g/mol. The lowest BCUT2D eigenvalue weighted by atomic mass is 10.2. The van der Waals surface area contributed by atoms with Crippen LogP contribution in [-0.2, 0) is 0 Å². The molecule has 0 aliphatic heterocycles. The van der Waals surface area contributed by atoms with Crippen molar-refractivity contribution in [2.24, 2.45) is 0 Å². The van der Waals surface area contributed by atoms with Gasteiger partial charge in [0, 0.05) is 16.7 Å². The van der Waals surface area contributed by atoms with E-state index in [0.717, 1.165) is 16.7 Å². The highest BCUT2D eigenvalue weighted by atomic mass is 79.9. The van der Waals surface area contributed by atoms with E-state index in [0.29, 0.717) is 11.7 Å². The van der Waals surface area contributed by atoms with Gasteiger partial charge in [0.2, 0.25) is 0 Å². The van der Waals surface area contributed by atoms with Crippen molar-refractivity contribution in [2.75, 3.05) is 11.1 Å². The summed E-state index contributed by atoms with van der Waals surface area (Å²) < 4.78 is 0.903. The van der Waals surface area contributed by atoms with Gasteiger partial charge in [-0.3, -0.25) is 0 Å². The summed E-state index contributed by atoms with van der Waals surface area (Å²) in [5.74, 6) is 0.762. The Balaban J connectivity index is 2.77. The quantitative estimate of drug-likeness (QED) is 0.859. The maximum atomic E-state index is 5.77. The first-order chi connectivity index (χ1) is 6.13. The molecule has 1 aromatic heterocycles. The molecule has 72 valence electrons. The Kier molecular flexibility index (Phi) is 3.54. The van der Waals surface area contributed by atoms with Crippen LogP contribution in [0.2, 0.25) is 0 Å². The van der Waals surface area contributed by atoms with Crippen LogP contribution in [0, 0.1) is 0 Å². The molecule has 1 atom stereocenters. The summed E-state index contributed by atoms with van der Waals surface area (Å²) in [5, 5.41) is 3.23. The summed E-state index contributed by atoms with van der Waals surface area (Å²) >= 11 is 3.31. The third-order valence-corrected chi connectivity index (χ3v) is 2.31. The Morgan fingerprint density at radius 2 is 2.38 bits per heavy atom. The number of halogens is 1. The number of nitrogens with two attached hydrogens (primary N) is 1. The monoisotopic (exact) mass is 243 g/mol. The van der Waals surface area contributed by atoms with Crippen LogP contribution in [0.3, 0.4) is 0 Å². The van der Waals surface area contributed by atoms with Gasteiger partial charge in [0.05, 0.1) is 5.69 Å². The van der Waals surface area contributed by atoms with Crippen molar-refractivity contribution >= 4 is 27.4 Å². The fraction of sp³-hybridized carbons (Fsp3) is 0.444. The summed E-state index contributed by atoms with van der Waals surface area (Å²) in [6, 6.07) is 2.24. The number of hydrogen-bond acceptors (Lipinski definition) is 3. The second-order valence-corrected chi connectivity index (χ2v) is 3.96. The van der Waals surface area contributed by atoms with Crippen LogP contribution in [0.25, 0.3) is 0 Å². The summed E-state index contributed by atoms with van der Waals surface area (Å²) in [4.78, 5) is 4.18. The summed E-state index contributed by atoms with van der Waals surface area (Å²) in [7, 11) is 0. The summed E-state index contributed by atoms with van der Waals surface area (Å²) in [6.45, 7) is 4.22. The van der Waals surface area contributed by atoms with Crippen LogP contribution in [0.4, 0.5) is 11.5 Å². The van der Waals surface area contributed by atoms with Gasteiger partial charge < -0.3 is 11.1 Å². The minimum absolute atomic E-state index is 0.399. The Labute approximate surface area is 86.9 Å². The molecule has 13 heavy (non-hydrogen) atoms. The molecule has 0 aliphatic carbocycles. The third-order valence-electron chi connectivity index (χ3n) is 1.88. The Morgan fingerprint density at radius 3 is 2.92 bits per heavy atom. The molecular formula is C9H14BrN3. The molecule has 0 fully saturated rings. The first kappa shape index (κ1) is 10.3. The predicted octanol–water partition coefficient (Wildman–Crippen LogP) is 2.64. The molecule has 3 N–H and O–H groups in total. The van der Waals surface area contributed by atoms with Crippen LogP contribution < -0.4 is 11.1 Å². The van der Waals surface area contributed by atoms with Gasteiger partial charge in [-0.05, 0) is 35.3 Å². The lowest BCUT2D eigenvalue weighted by molar-refractivity contribution is 0.759. The van der Waals surface area contributed by atoms with Gasteiger partial charge in [0.15, 0.2) is 0 Å². The number of rotatable bonds is 3. The number of aromatic nitrogens is 1. The molecule has 0 saturated heterocycles. The standard InChI is InChI=1S/C9H14BrN3/c1-3-6(2)13-9-8(11)4-7(10)5-12-9/h4-6H,3,11H2,1-2H3,(H,12,13). The lowest BCUT2D eigenvalue weighted by Gasteiger charge is -2.13. The number of nitrogens with zero attached hydrogens (tertiary/aromatic N) is 1. The number of anilines is 2. The zero-order valence-electron chi connectivity index (χ0n) is 7.84. The van der Waals surface area contributed by atoms with Crippen molar-refractivity contribution in [2.45, 2.75) is 26.3 Å². The highest BCUT2D eigenvalue weighted by Crippen LogP contribution is 2.20. The minimum Gasteiger partial charge on any atom is -0.396 e. The van der Waals surface area contributed by atoms with E-state index in [1.807, 2.05) is 6.07 Å². The van der Waals surface area contributed by atoms with E-state index in [4.69, 9.17) is 5.73 Å². The second kappa shape index (κ2) is 4.46. The van der Waals surface area contributed by atoms with Crippen LogP contribution in [0.15, 0.2) is 16.7 Å². The Morgan fingerprint density at radius 1 is 1.69 bits per heavy atom. The highest BCUT2D eigenvalue weighted by Gasteiger charge is 2.03. The zero-order chi connectivity index (χ0) is 9.84. The van der Waals surface area contributed by atoms with E-state index in [-0.39, 0.29) is 0 Å². The van der Waals surface area contributed by atoms with Gasteiger partial charge >= 0.3 is 0 Å². The topological polar surface area (TPSA) is 50.9 Å². The third kappa shape index (κ3) is 2.88. The van der Waals surface area contributed by atoms with Gasteiger partial charge in [-0.1, -0.05) is 6.92 Å². The largest absolute Gasteiger partial charge is 0.396 e. The number of nitrogens with one attached hydrogen (secondary N) is 1. The number of hydrogen-bond donors (Lipinski definition) is 2. The van der Waals surface area contributed by atoms with Crippen molar-refractivity contribution < 1.29 is 0 Å². The van der Waals surface area contributed by atoms with Crippen LogP contribution in [0.1, 0.15) is 20.3 Å². The van der Waals surface area contributed by atoms with Gasteiger partial charge in [-0.15, -0.1) is 0 Å². The molecule has 1 heterocycles. The molecule has 0 amide bonds. The van der Waals surface area contributed by atoms with Gasteiger partial charge in [0.1, 0.15) is 5.82 Å². The van der Waals surface area contributed by atoms with Crippen molar-refractivity contribution in [1.29, 1.82) is 0 Å². The fourth-order valence-electron chi connectivity index (χ4n) is 0.911. The highest BCUT2D eigenvalue weighted by molar-refractivity contribution is 9.10. The Bertz CT molecular complexity index is 288. The maximum Gasteiger partial charge on any atom is 0.149 e. The van der Waals surface area contributed by atoms with Crippen LogP contribution >= 0.6 is 15.9 Å². The molecule has 0 bridgehead atoms. The fourth-order valence-corrected chi connectivity index (χ4v) is 1.26. The molecule has 4 heteroatoms. The van der Waals surface area contributed by atoms with Crippen molar-refractivity contribution in [3.63, 3.8) is 0 Å². The van der Waals surface area contributed by atoms with E-state index in [1.165, 1.54) is 0 Å². The van der Waals surface area contributed by atoms with E-state index in [1.54, 1.807) is 6.20 Å². The van der Waals surface area contributed by atoms with Crippen molar-refractivity contribution in [3.05, 3.63) is 16.7 Å². The lowest BCUT2D eigenvalue weighted by Crippen LogP contribution is -2.15. The molecule has 0 aliphatic rings. The molecule has 1 unspecified atom stereocenters. The average molecular weight is 244 g/mol. The first-order valence-corrected chi connectivity index (χ1v) is 5.10. The van der Waals surface area contributed by atoms with Crippen LogP contribution in [0.5, 0.6) is 0 Å². The maximum absolute atomic E-state index is 5.77. The number of pyridine rings is 1.